The Morgan fingerprint density at radius 3 is 2.70 bits per heavy atom. The van der Waals surface area contributed by atoms with E-state index in [1.54, 1.807) is 7.11 Å². The molecule has 0 fully saturated rings. The predicted octanol–water partition coefficient (Wildman–Crippen LogP) is 3.71. The van der Waals surface area contributed by atoms with Crippen molar-refractivity contribution < 1.29 is 9.53 Å². The summed E-state index contributed by atoms with van der Waals surface area (Å²) < 4.78 is 9.70. The summed E-state index contributed by atoms with van der Waals surface area (Å²) in [5.74, 6) is 1.55. The molecule has 30 heavy (non-hydrogen) atoms. The van der Waals surface area contributed by atoms with Gasteiger partial charge in [0, 0.05) is 31.0 Å². The normalized spacial score (nSPS) is 11.7. The fraction of sp³-hybridized carbons (Fsp3) is 0.348. The molecular formula is C23H28N4O2S. The smallest absolute Gasteiger partial charge is 0.239 e. The third-order valence-corrected chi connectivity index (χ3v) is 5.65. The van der Waals surface area contributed by atoms with Crippen LogP contribution < -0.4 is 15.0 Å². The molecule has 1 N–H and O–H groups in total. The van der Waals surface area contributed by atoms with E-state index in [0.29, 0.717) is 6.42 Å². The molecule has 0 unspecified atom stereocenters. The second kappa shape index (κ2) is 10.7. The number of ether oxygens (including phenoxy) is 1. The quantitative estimate of drug-likeness (QED) is 0.537. The Morgan fingerprint density at radius 1 is 1.17 bits per heavy atom. The zero-order valence-electron chi connectivity index (χ0n) is 17.7. The lowest BCUT2D eigenvalue weighted by atomic mass is 10.1. The Kier molecular flexibility index (Phi) is 7.79. The van der Waals surface area contributed by atoms with Crippen molar-refractivity contribution in [2.75, 3.05) is 25.6 Å². The van der Waals surface area contributed by atoms with Crippen LogP contribution in [0.4, 0.5) is 5.13 Å². The van der Waals surface area contributed by atoms with Crippen LogP contribution in [-0.2, 0) is 17.6 Å². The number of nitrogens with zero attached hydrogens (tertiary/aromatic N) is 3. The SMILES string of the molecule is COc1cccc(Cc2nsc(N(C)CC(=O)N[C@@H](C)CCc3ccccc3)n2)c1. The maximum Gasteiger partial charge on any atom is 0.239 e. The van der Waals surface area contributed by atoms with Gasteiger partial charge in [-0.05, 0) is 43.0 Å². The molecular weight excluding hydrogens is 396 g/mol. The average Bonchev–Trinajstić information content (AvgIpc) is 3.21. The molecule has 1 aromatic heterocycles. The van der Waals surface area contributed by atoms with Crippen LogP contribution in [0.2, 0.25) is 0 Å². The minimum atomic E-state index is -0.0115. The summed E-state index contributed by atoms with van der Waals surface area (Å²) in [6.45, 7) is 2.29. The van der Waals surface area contributed by atoms with E-state index in [2.05, 4.69) is 26.8 Å². The van der Waals surface area contributed by atoms with Crippen LogP contribution in [0, 0.1) is 0 Å². The number of methoxy groups -OCH3 is 1. The van der Waals surface area contributed by atoms with Gasteiger partial charge in [0.25, 0.3) is 0 Å². The van der Waals surface area contributed by atoms with Gasteiger partial charge in [-0.2, -0.15) is 4.37 Å². The average molecular weight is 425 g/mol. The largest absolute Gasteiger partial charge is 0.497 e. The number of hydrogen-bond acceptors (Lipinski definition) is 6. The number of benzene rings is 2. The molecule has 158 valence electrons. The molecule has 7 heteroatoms. The van der Waals surface area contributed by atoms with E-state index in [9.17, 15) is 4.79 Å². The summed E-state index contributed by atoms with van der Waals surface area (Å²) >= 11 is 1.31. The van der Waals surface area contributed by atoms with Crippen LogP contribution in [0.1, 0.15) is 30.3 Å². The molecule has 0 radical (unpaired) electrons. The maximum atomic E-state index is 12.4. The second-order valence-corrected chi connectivity index (χ2v) is 8.10. The number of carbonyl (C=O) groups excluding carboxylic acids is 1. The number of aromatic nitrogens is 2. The molecule has 1 heterocycles. The number of aryl methyl sites for hydroxylation is 1. The standard InChI is InChI=1S/C23H28N4O2S/c1-17(12-13-18-8-5-4-6-9-18)24-22(28)16-27(2)23-25-21(26-30-23)15-19-10-7-11-20(14-19)29-3/h4-11,14,17H,12-13,15-16H2,1-3H3,(H,24,28)/t17-/m0/s1. The molecule has 1 amide bonds. The summed E-state index contributed by atoms with van der Waals surface area (Å²) in [5, 5.41) is 3.81. The highest BCUT2D eigenvalue weighted by Crippen LogP contribution is 2.19. The van der Waals surface area contributed by atoms with Gasteiger partial charge in [0.05, 0.1) is 13.7 Å². The number of rotatable bonds is 10. The van der Waals surface area contributed by atoms with E-state index >= 15 is 0 Å². The van der Waals surface area contributed by atoms with Gasteiger partial charge >= 0.3 is 0 Å². The number of nitrogens with one attached hydrogen (secondary N) is 1. The van der Waals surface area contributed by atoms with Crippen molar-refractivity contribution in [3.05, 3.63) is 71.5 Å². The van der Waals surface area contributed by atoms with Crippen LogP contribution in [0.5, 0.6) is 5.75 Å². The fourth-order valence-electron chi connectivity index (χ4n) is 3.14. The summed E-state index contributed by atoms with van der Waals surface area (Å²) in [7, 11) is 3.52. The minimum absolute atomic E-state index is 0.0115. The molecule has 3 rings (SSSR count). The number of likely N-dealkylation sites (N-methyl/N-ethyl adjacent to an activating group) is 1. The van der Waals surface area contributed by atoms with Crippen molar-refractivity contribution in [1.29, 1.82) is 0 Å². The van der Waals surface area contributed by atoms with Crippen LogP contribution in [0.25, 0.3) is 0 Å². The van der Waals surface area contributed by atoms with Gasteiger partial charge in [0.2, 0.25) is 11.0 Å². The van der Waals surface area contributed by atoms with E-state index < -0.39 is 0 Å². The van der Waals surface area contributed by atoms with Crippen molar-refractivity contribution >= 4 is 22.6 Å². The monoisotopic (exact) mass is 424 g/mol. The summed E-state index contributed by atoms with van der Waals surface area (Å²) in [6.07, 6.45) is 2.48. The lowest BCUT2D eigenvalue weighted by Gasteiger charge is -2.18. The summed E-state index contributed by atoms with van der Waals surface area (Å²) in [5.41, 5.74) is 2.37. The highest BCUT2D eigenvalue weighted by molar-refractivity contribution is 7.09. The molecule has 3 aromatic rings. The molecule has 0 bridgehead atoms. The molecule has 0 aliphatic carbocycles. The van der Waals surface area contributed by atoms with Crippen molar-refractivity contribution in [2.24, 2.45) is 0 Å². The van der Waals surface area contributed by atoms with Gasteiger partial charge in [-0.1, -0.05) is 42.5 Å². The third kappa shape index (κ3) is 6.56. The Balaban J connectivity index is 1.47. The van der Waals surface area contributed by atoms with Crippen molar-refractivity contribution in [3.8, 4) is 5.75 Å². The van der Waals surface area contributed by atoms with Gasteiger partial charge < -0.3 is 15.0 Å². The number of anilines is 1. The molecule has 0 spiro atoms. The zero-order valence-corrected chi connectivity index (χ0v) is 18.5. The first kappa shape index (κ1) is 21.8. The van der Waals surface area contributed by atoms with E-state index in [1.165, 1.54) is 17.1 Å². The first-order chi connectivity index (χ1) is 14.5. The first-order valence-corrected chi connectivity index (χ1v) is 10.8. The van der Waals surface area contributed by atoms with Crippen LogP contribution in [-0.4, -0.2) is 42.0 Å². The van der Waals surface area contributed by atoms with Gasteiger partial charge in [0.1, 0.15) is 11.6 Å². The van der Waals surface area contributed by atoms with Crippen molar-refractivity contribution in [1.82, 2.24) is 14.7 Å². The molecule has 2 aromatic carbocycles. The Hall–Kier alpha value is -2.93. The highest BCUT2D eigenvalue weighted by Gasteiger charge is 2.14. The number of carbonyl (C=O) groups is 1. The van der Waals surface area contributed by atoms with Crippen molar-refractivity contribution in [3.63, 3.8) is 0 Å². The van der Waals surface area contributed by atoms with E-state index in [4.69, 9.17) is 4.74 Å². The topological polar surface area (TPSA) is 67.3 Å². The van der Waals surface area contributed by atoms with E-state index in [0.717, 1.165) is 35.1 Å². The Labute approximate surface area is 182 Å². The minimum Gasteiger partial charge on any atom is -0.497 e. The lowest BCUT2D eigenvalue weighted by molar-refractivity contribution is -0.120. The molecule has 0 saturated carbocycles. The van der Waals surface area contributed by atoms with Gasteiger partial charge in [-0.15, -0.1) is 0 Å². The second-order valence-electron chi connectivity index (χ2n) is 7.37. The molecule has 0 aliphatic rings. The molecule has 1 atom stereocenters. The lowest BCUT2D eigenvalue weighted by Crippen LogP contribution is -2.40. The fourth-order valence-corrected chi connectivity index (χ4v) is 3.78. The molecule has 0 aliphatic heterocycles. The number of hydrogen-bond donors (Lipinski definition) is 1. The Bertz CT molecular complexity index is 945. The summed E-state index contributed by atoms with van der Waals surface area (Å²) in [4.78, 5) is 18.8. The molecule has 0 saturated heterocycles. The summed E-state index contributed by atoms with van der Waals surface area (Å²) in [6, 6.07) is 18.3. The maximum absolute atomic E-state index is 12.4. The first-order valence-electron chi connectivity index (χ1n) is 10.0. The van der Waals surface area contributed by atoms with Crippen LogP contribution >= 0.6 is 11.5 Å². The van der Waals surface area contributed by atoms with Gasteiger partial charge in [-0.3, -0.25) is 4.79 Å². The number of amides is 1. The van der Waals surface area contributed by atoms with Gasteiger partial charge in [-0.25, -0.2) is 4.98 Å². The third-order valence-electron chi connectivity index (χ3n) is 4.78. The van der Waals surface area contributed by atoms with E-state index in [-0.39, 0.29) is 18.5 Å². The van der Waals surface area contributed by atoms with Crippen LogP contribution in [0.15, 0.2) is 54.6 Å². The van der Waals surface area contributed by atoms with Crippen LogP contribution in [0.3, 0.4) is 0 Å². The highest BCUT2D eigenvalue weighted by atomic mass is 32.1. The van der Waals surface area contributed by atoms with E-state index in [1.807, 2.05) is 61.3 Å². The zero-order chi connectivity index (χ0) is 21.3. The molecule has 6 nitrogen and oxygen atoms in total. The van der Waals surface area contributed by atoms with Gasteiger partial charge in [0.15, 0.2) is 0 Å². The van der Waals surface area contributed by atoms with Crippen molar-refractivity contribution in [2.45, 2.75) is 32.2 Å². The Morgan fingerprint density at radius 2 is 1.93 bits per heavy atom. The predicted molar refractivity (Wildman–Crippen MR) is 121 cm³/mol.